The first-order valence-electron chi connectivity index (χ1n) is 9.98. The predicted octanol–water partition coefficient (Wildman–Crippen LogP) is 2.47. The van der Waals surface area contributed by atoms with Gasteiger partial charge in [-0.1, -0.05) is 0 Å². The molecule has 0 radical (unpaired) electrons. The first kappa shape index (κ1) is 19.5. The Kier molecular flexibility index (Phi) is 5.80. The highest BCUT2D eigenvalue weighted by Crippen LogP contribution is 2.46. The maximum absolute atomic E-state index is 11.0. The van der Waals surface area contributed by atoms with Gasteiger partial charge in [0.25, 0.3) is 0 Å². The van der Waals surface area contributed by atoms with Crippen molar-refractivity contribution in [2.45, 2.75) is 56.6 Å². The van der Waals surface area contributed by atoms with E-state index in [1.165, 1.54) is 10.4 Å². The Labute approximate surface area is 169 Å². The molecular formula is C20H28N4O3S. The lowest BCUT2D eigenvalue weighted by Gasteiger charge is -2.32. The lowest BCUT2D eigenvalue weighted by molar-refractivity contribution is -0.122. The van der Waals surface area contributed by atoms with Gasteiger partial charge in [0.15, 0.2) is 0 Å². The fraction of sp³-hybridized carbons (Fsp3) is 0.650. The van der Waals surface area contributed by atoms with E-state index in [9.17, 15) is 4.79 Å². The smallest absolute Gasteiger partial charge is 0.243 e. The van der Waals surface area contributed by atoms with Crippen LogP contribution >= 0.6 is 11.3 Å². The van der Waals surface area contributed by atoms with Crippen molar-refractivity contribution in [3.05, 3.63) is 16.8 Å². The first-order valence-corrected chi connectivity index (χ1v) is 10.8. The van der Waals surface area contributed by atoms with E-state index in [1.807, 2.05) is 0 Å². The van der Waals surface area contributed by atoms with Gasteiger partial charge in [-0.2, -0.15) is 0 Å². The molecule has 8 heteroatoms. The molecule has 2 aromatic rings. The van der Waals surface area contributed by atoms with Crippen LogP contribution in [0, 0.1) is 0 Å². The molecule has 4 rings (SSSR count). The molecule has 0 aliphatic heterocycles. The summed E-state index contributed by atoms with van der Waals surface area (Å²) in [4.78, 5) is 24.6. The molecule has 28 heavy (non-hydrogen) atoms. The number of amides is 1. The summed E-state index contributed by atoms with van der Waals surface area (Å²) in [6.45, 7) is 0.451. The van der Waals surface area contributed by atoms with Crippen LogP contribution in [0.15, 0.2) is 6.33 Å². The van der Waals surface area contributed by atoms with Gasteiger partial charge in [-0.3, -0.25) is 4.79 Å². The zero-order valence-electron chi connectivity index (χ0n) is 16.5. The van der Waals surface area contributed by atoms with Crippen LogP contribution < -0.4 is 10.5 Å². The van der Waals surface area contributed by atoms with Crippen molar-refractivity contribution < 1.29 is 14.3 Å². The number of aromatic nitrogens is 2. The summed E-state index contributed by atoms with van der Waals surface area (Å²) in [5.74, 6) is 0.507. The Morgan fingerprint density at radius 2 is 2.04 bits per heavy atom. The summed E-state index contributed by atoms with van der Waals surface area (Å²) in [6.07, 6.45) is 8.22. The number of hydrogen-bond acceptors (Lipinski definition) is 7. The Balaban J connectivity index is 1.53. The number of carbonyl (C=O) groups is 1. The van der Waals surface area contributed by atoms with Crippen LogP contribution in [-0.4, -0.2) is 60.2 Å². The van der Waals surface area contributed by atoms with Crippen LogP contribution in [0.3, 0.4) is 0 Å². The topological polar surface area (TPSA) is 90.6 Å². The molecule has 0 saturated heterocycles. The standard InChI is InChI=1S/C20H28N4O3S/c1-24(2)13-4-6-14(7-5-13)27-19-18-17-12(9-26-10-16(21)25)3-8-15(17)28-20(18)23-11-22-19/h11-14H,3-10H2,1-2H3,(H2,21,25)/t12-,13-,14-/m1/s1. The van der Waals surface area contributed by atoms with E-state index in [1.54, 1.807) is 17.7 Å². The summed E-state index contributed by atoms with van der Waals surface area (Å²) in [6, 6.07) is 0.641. The molecule has 0 bridgehead atoms. The lowest BCUT2D eigenvalue weighted by atomic mass is 9.92. The molecule has 0 unspecified atom stereocenters. The maximum Gasteiger partial charge on any atom is 0.243 e. The molecule has 2 aliphatic carbocycles. The van der Waals surface area contributed by atoms with Gasteiger partial charge in [-0.05, 0) is 58.2 Å². The third-order valence-electron chi connectivity index (χ3n) is 5.91. The zero-order valence-corrected chi connectivity index (χ0v) is 17.3. The van der Waals surface area contributed by atoms with Crippen molar-refractivity contribution in [2.75, 3.05) is 27.3 Å². The van der Waals surface area contributed by atoms with Gasteiger partial charge in [0.05, 0.1) is 12.0 Å². The van der Waals surface area contributed by atoms with Gasteiger partial charge in [0.2, 0.25) is 11.8 Å². The summed E-state index contributed by atoms with van der Waals surface area (Å²) in [5.41, 5.74) is 6.45. The molecular weight excluding hydrogens is 376 g/mol. The monoisotopic (exact) mass is 404 g/mol. The average Bonchev–Trinajstić information content (AvgIpc) is 3.22. The number of fused-ring (bicyclic) bond motifs is 3. The molecule has 1 atom stereocenters. The van der Waals surface area contributed by atoms with Gasteiger partial charge in [0, 0.05) is 16.8 Å². The molecule has 7 nitrogen and oxygen atoms in total. The van der Waals surface area contributed by atoms with E-state index in [0.717, 1.165) is 48.7 Å². The third-order valence-corrected chi connectivity index (χ3v) is 7.08. The van der Waals surface area contributed by atoms with Crippen molar-refractivity contribution in [3.63, 3.8) is 0 Å². The summed E-state index contributed by atoms with van der Waals surface area (Å²) in [7, 11) is 4.30. The zero-order chi connectivity index (χ0) is 19.7. The van der Waals surface area contributed by atoms with Gasteiger partial charge < -0.3 is 20.1 Å². The second-order valence-corrected chi connectivity index (χ2v) is 9.11. The van der Waals surface area contributed by atoms with Crippen LogP contribution in [0.5, 0.6) is 5.88 Å². The van der Waals surface area contributed by atoms with Crippen molar-refractivity contribution in [2.24, 2.45) is 5.73 Å². The quantitative estimate of drug-likeness (QED) is 0.762. The molecule has 1 saturated carbocycles. The van der Waals surface area contributed by atoms with E-state index in [0.29, 0.717) is 18.5 Å². The second-order valence-electron chi connectivity index (χ2n) is 8.03. The third kappa shape index (κ3) is 3.99. The highest BCUT2D eigenvalue weighted by atomic mass is 32.1. The van der Waals surface area contributed by atoms with Gasteiger partial charge in [-0.25, -0.2) is 9.97 Å². The number of primary amides is 1. The van der Waals surface area contributed by atoms with E-state index in [2.05, 4.69) is 29.0 Å². The summed E-state index contributed by atoms with van der Waals surface area (Å²) >= 11 is 1.73. The molecule has 2 aromatic heterocycles. The number of carbonyl (C=O) groups excluding carboxylic acids is 1. The number of nitrogens with zero attached hydrogens (tertiary/aromatic N) is 3. The predicted molar refractivity (Wildman–Crippen MR) is 109 cm³/mol. The summed E-state index contributed by atoms with van der Waals surface area (Å²) < 4.78 is 11.9. The normalized spacial score (nSPS) is 24.6. The number of thiophene rings is 1. The maximum atomic E-state index is 11.0. The highest BCUT2D eigenvalue weighted by molar-refractivity contribution is 7.19. The van der Waals surface area contributed by atoms with Gasteiger partial charge in [0.1, 0.15) is 23.9 Å². The molecule has 0 aromatic carbocycles. The number of nitrogens with two attached hydrogens (primary N) is 1. The molecule has 1 fully saturated rings. The minimum absolute atomic E-state index is 0.0388. The Hall–Kier alpha value is -1.77. The largest absolute Gasteiger partial charge is 0.474 e. The van der Waals surface area contributed by atoms with Crippen LogP contribution in [0.25, 0.3) is 10.2 Å². The minimum atomic E-state index is -0.436. The van der Waals surface area contributed by atoms with E-state index in [4.69, 9.17) is 15.2 Å². The molecule has 1 amide bonds. The number of rotatable bonds is 7. The second kappa shape index (κ2) is 8.31. The van der Waals surface area contributed by atoms with E-state index < -0.39 is 5.91 Å². The average molecular weight is 405 g/mol. The lowest BCUT2D eigenvalue weighted by Crippen LogP contribution is -2.35. The Bertz CT molecular complexity index is 845. The van der Waals surface area contributed by atoms with Gasteiger partial charge in [-0.15, -0.1) is 11.3 Å². The van der Waals surface area contributed by atoms with Crippen molar-refractivity contribution in [1.29, 1.82) is 0 Å². The van der Waals surface area contributed by atoms with Gasteiger partial charge >= 0.3 is 0 Å². The summed E-state index contributed by atoms with van der Waals surface area (Å²) in [5, 5.41) is 1.04. The van der Waals surface area contributed by atoms with Crippen LogP contribution in [-0.2, 0) is 16.0 Å². The molecule has 152 valence electrons. The number of aryl methyl sites for hydroxylation is 1. The minimum Gasteiger partial charge on any atom is -0.474 e. The van der Waals surface area contributed by atoms with Crippen LogP contribution in [0.1, 0.15) is 48.5 Å². The highest BCUT2D eigenvalue weighted by Gasteiger charge is 2.31. The first-order chi connectivity index (χ1) is 13.5. The Morgan fingerprint density at radius 3 is 2.75 bits per heavy atom. The van der Waals surface area contributed by atoms with Crippen molar-refractivity contribution in [3.8, 4) is 5.88 Å². The SMILES string of the molecule is CN(C)[C@H]1CC[C@H](Oc2ncnc3sc4c(c23)[C@@H](COCC(N)=O)CC4)CC1. The fourth-order valence-corrected chi connectivity index (χ4v) is 5.67. The van der Waals surface area contributed by atoms with Crippen molar-refractivity contribution >= 4 is 27.5 Å². The fourth-order valence-electron chi connectivity index (χ4n) is 4.44. The number of ether oxygens (including phenoxy) is 2. The van der Waals surface area contributed by atoms with Crippen molar-refractivity contribution in [1.82, 2.24) is 14.9 Å². The molecule has 2 N–H and O–H groups in total. The van der Waals surface area contributed by atoms with E-state index in [-0.39, 0.29) is 18.6 Å². The van der Waals surface area contributed by atoms with E-state index >= 15 is 0 Å². The number of hydrogen-bond donors (Lipinski definition) is 1. The Morgan fingerprint density at radius 1 is 1.25 bits per heavy atom. The molecule has 2 heterocycles. The van der Waals surface area contributed by atoms with Crippen LogP contribution in [0.4, 0.5) is 0 Å². The molecule has 0 spiro atoms. The molecule has 2 aliphatic rings. The van der Waals surface area contributed by atoms with Crippen LogP contribution in [0.2, 0.25) is 0 Å².